The zero-order valence-corrected chi connectivity index (χ0v) is 16.2. The van der Waals surface area contributed by atoms with Crippen LogP contribution in [0.4, 0.5) is 0 Å². The molecular weight excluding hydrogens is 348 g/mol. The van der Waals surface area contributed by atoms with Crippen LogP contribution in [0.5, 0.6) is 0 Å². The van der Waals surface area contributed by atoms with E-state index in [0.29, 0.717) is 12.5 Å². The highest BCUT2D eigenvalue weighted by atomic mass is 16.5. The Hall–Kier alpha value is -3.47. The Balaban J connectivity index is 1.74. The zero-order chi connectivity index (χ0) is 19.8. The van der Waals surface area contributed by atoms with Gasteiger partial charge in [-0.05, 0) is 46.5 Å². The molecule has 0 amide bonds. The predicted octanol–water partition coefficient (Wildman–Crippen LogP) is 4.51. The third-order valence-corrected chi connectivity index (χ3v) is 4.22. The quantitative estimate of drug-likeness (QED) is 0.265. The molecule has 0 spiro atoms. The Morgan fingerprint density at radius 1 is 0.964 bits per heavy atom. The molecule has 0 aliphatic carbocycles. The number of hydrogen-bond donors (Lipinski definition) is 0. The van der Waals surface area contributed by atoms with Gasteiger partial charge < -0.3 is 4.74 Å². The molecule has 1 aromatic carbocycles. The minimum Gasteiger partial charge on any atom is -0.474 e. The van der Waals surface area contributed by atoms with E-state index in [1.807, 2.05) is 44.4 Å². The van der Waals surface area contributed by atoms with E-state index in [9.17, 15) is 0 Å². The normalized spacial score (nSPS) is 12.3. The molecule has 0 N–H and O–H groups in total. The highest BCUT2D eigenvalue weighted by Crippen LogP contribution is 2.22. The van der Waals surface area contributed by atoms with Crippen LogP contribution in [0.15, 0.2) is 91.1 Å². The molecule has 3 aromatic rings. The minimum absolute atomic E-state index is 0.138. The predicted molar refractivity (Wildman–Crippen MR) is 113 cm³/mol. The fourth-order valence-corrected chi connectivity index (χ4v) is 2.82. The highest BCUT2D eigenvalue weighted by molar-refractivity contribution is 5.85. The molecule has 1 unspecified atom stereocenters. The van der Waals surface area contributed by atoms with Crippen molar-refractivity contribution < 1.29 is 4.74 Å². The van der Waals surface area contributed by atoms with Crippen molar-refractivity contribution in [3.05, 3.63) is 97.1 Å². The summed E-state index contributed by atoms with van der Waals surface area (Å²) in [6.45, 7) is 4.39. The largest absolute Gasteiger partial charge is 0.474 e. The summed E-state index contributed by atoms with van der Waals surface area (Å²) in [5.74, 6) is 0.464. The second kappa shape index (κ2) is 9.46. The summed E-state index contributed by atoms with van der Waals surface area (Å²) in [4.78, 5) is 8.14. The summed E-state index contributed by atoms with van der Waals surface area (Å²) in [6.07, 6.45) is 8.95. The second-order valence-electron chi connectivity index (χ2n) is 6.50. The fraction of sp³-hybridized carbons (Fsp3) is 0.174. The molecule has 0 aliphatic heterocycles. The lowest BCUT2D eigenvalue weighted by molar-refractivity contribution is 0.267. The number of ether oxygens (including phenoxy) is 1. The summed E-state index contributed by atoms with van der Waals surface area (Å²) in [5, 5.41) is 6.27. The molecule has 142 valence electrons. The first-order chi connectivity index (χ1) is 13.7. The summed E-state index contributed by atoms with van der Waals surface area (Å²) < 4.78 is 6.10. The van der Waals surface area contributed by atoms with Gasteiger partial charge in [-0.1, -0.05) is 30.3 Å². The third kappa shape index (κ3) is 5.04. The van der Waals surface area contributed by atoms with Gasteiger partial charge in [-0.25, -0.2) is 0 Å². The summed E-state index contributed by atoms with van der Waals surface area (Å²) >= 11 is 0. The Labute approximate surface area is 166 Å². The molecule has 0 saturated carbocycles. The number of rotatable bonds is 7. The van der Waals surface area contributed by atoms with Crippen molar-refractivity contribution in [1.29, 1.82) is 0 Å². The van der Waals surface area contributed by atoms with Crippen molar-refractivity contribution in [2.75, 3.05) is 14.1 Å². The lowest BCUT2D eigenvalue weighted by Crippen LogP contribution is -2.19. The first kappa shape index (κ1) is 19.3. The number of hydrogen-bond acceptors (Lipinski definition) is 5. The Morgan fingerprint density at radius 2 is 1.54 bits per heavy atom. The van der Waals surface area contributed by atoms with Gasteiger partial charge in [0.25, 0.3) is 0 Å². The number of benzene rings is 1. The van der Waals surface area contributed by atoms with Crippen LogP contribution < -0.4 is 0 Å². The topological polar surface area (TPSA) is 50.6 Å². The van der Waals surface area contributed by atoms with Crippen molar-refractivity contribution in [1.82, 2.24) is 15.0 Å². The molecule has 5 heteroatoms. The molecule has 3 rings (SSSR count). The average Bonchev–Trinajstić information content (AvgIpc) is 2.74. The SMILES string of the molecule is C=CC(/C(=N\N(C)C)OCc1ccc(-c2ccncc2)cc1)c1ccncc1. The van der Waals surface area contributed by atoms with Gasteiger partial charge in [0.05, 0.1) is 5.92 Å². The molecule has 2 aromatic heterocycles. The molecule has 0 saturated heterocycles. The van der Waals surface area contributed by atoms with E-state index in [-0.39, 0.29) is 5.92 Å². The molecule has 0 aliphatic rings. The minimum atomic E-state index is -0.138. The van der Waals surface area contributed by atoms with Crippen LogP contribution in [0, 0.1) is 0 Å². The summed E-state index contributed by atoms with van der Waals surface area (Å²) in [5.41, 5.74) is 4.40. The monoisotopic (exact) mass is 372 g/mol. The molecular formula is C23H24N4O. The van der Waals surface area contributed by atoms with Crippen LogP contribution in [0.3, 0.4) is 0 Å². The number of hydrazone groups is 1. The van der Waals surface area contributed by atoms with Crippen LogP contribution in [0.1, 0.15) is 17.0 Å². The molecule has 5 nitrogen and oxygen atoms in total. The van der Waals surface area contributed by atoms with Crippen molar-refractivity contribution >= 4 is 5.90 Å². The van der Waals surface area contributed by atoms with Crippen molar-refractivity contribution in [2.45, 2.75) is 12.5 Å². The molecule has 2 heterocycles. The number of nitrogens with zero attached hydrogens (tertiary/aromatic N) is 4. The maximum atomic E-state index is 6.10. The van der Waals surface area contributed by atoms with Gasteiger partial charge in [-0.2, -0.15) is 0 Å². The van der Waals surface area contributed by atoms with Gasteiger partial charge in [0.1, 0.15) is 6.61 Å². The van der Waals surface area contributed by atoms with Gasteiger partial charge in [-0.3, -0.25) is 15.0 Å². The van der Waals surface area contributed by atoms with E-state index >= 15 is 0 Å². The Bertz CT molecular complexity index is 906. The number of aromatic nitrogens is 2. The maximum Gasteiger partial charge on any atom is 0.217 e. The molecule has 1 atom stereocenters. The molecule has 28 heavy (non-hydrogen) atoms. The fourth-order valence-electron chi connectivity index (χ4n) is 2.82. The molecule has 0 bridgehead atoms. The van der Waals surface area contributed by atoms with E-state index in [2.05, 4.69) is 45.9 Å². The van der Waals surface area contributed by atoms with Gasteiger partial charge in [0, 0.05) is 38.9 Å². The van der Waals surface area contributed by atoms with E-state index in [0.717, 1.165) is 22.3 Å². The van der Waals surface area contributed by atoms with Crippen molar-refractivity contribution in [3.8, 4) is 11.1 Å². The first-order valence-corrected chi connectivity index (χ1v) is 9.08. The van der Waals surface area contributed by atoms with Crippen molar-refractivity contribution in [3.63, 3.8) is 0 Å². The van der Waals surface area contributed by atoms with Gasteiger partial charge in [-0.15, -0.1) is 11.7 Å². The zero-order valence-electron chi connectivity index (χ0n) is 16.2. The van der Waals surface area contributed by atoms with E-state index in [1.165, 1.54) is 0 Å². The standard InChI is InChI=1S/C23H24N4O/c1-4-22(21-11-15-25-16-12-21)23(26-27(2)3)28-17-18-5-7-19(8-6-18)20-9-13-24-14-10-20/h4-16,22H,1,17H2,2-3H3/b26-23+. The van der Waals surface area contributed by atoms with Crippen LogP contribution in [0.25, 0.3) is 11.1 Å². The lowest BCUT2D eigenvalue weighted by Gasteiger charge is -2.19. The highest BCUT2D eigenvalue weighted by Gasteiger charge is 2.17. The first-order valence-electron chi connectivity index (χ1n) is 9.08. The van der Waals surface area contributed by atoms with Crippen LogP contribution in [-0.2, 0) is 11.3 Å². The van der Waals surface area contributed by atoms with Crippen LogP contribution >= 0.6 is 0 Å². The third-order valence-electron chi connectivity index (χ3n) is 4.22. The second-order valence-corrected chi connectivity index (χ2v) is 6.50. The van der Waals surface area contributed by atoms with E-state index in [1.54, 1.807) is 29.8 Å². The van der Waals surface area contributed by atoms with Gasteiger partial charge >= 0.3 is 0 Å². The van der Waals surface area contributed by atoms with Crippen LogP contribution in [-0.4, -0.2) is 35.0 Å². The number of pyridine rings is 2. The van der Waals surface area contributed by atoms with Gasteiger partial charge in [0.2, 0.25) is 5.90 Å². The molecule has 0 radical (unpaired) electrons. The summed E-state index contributed by atoms with van der Waals surface area (Å²) in [7, 11) is 3.75. The smallest absolute Gasteiger partial charge is 0.217 e. The van der Waals surface area contributed by atoms with Crippen LogP contribution in [0.2, 0.25) is 0 Å². The Kier molecular flexibility index (Phi) is 6.52. The summed E-state index contributed by atoms with van der Waals surface area (Å²) in [6, 6.07) is 16.2. The molecule has 0 fully saturated rings. The average molecular weight is 372 g/mol. The Morgan fingerprint density at radius 3 is 2.11 bits per heavy atom. The van der Waals surface area contributed by atoms with E-state index in [4.69, 9.17) is 4.74 Å². The lowest BCUT2D eigenvalue weighted by atomic mass is 10.0. The van der Waals surface area contributed by atoms with Crippen molar-refractivity contribution in [2.24, 2.45) is 5.10 Å². The maximum absolute atomic E-state index is 6.10. The van der Waals surface area contributed by atoms with Gasteiger partial charge in [0.15, 0.2) is 0 Å². The van der Waals surface area contributed by atoms with E-state index < -0.39 is 0 Å².